The van der Waals surface area contributed by atoms with E-state index in [0.717, 1.165) is 11.5 Å². The topological polar surface area (TPSA) is 85.9 Å². The van der Waals surface area contributed by atoms with E-state index in [4.69, 9.17) is 4.42 Å². The summed E-state index contributed by atoms with van der Waals surface area (Å²) in [5, 5.41) is 31.6. The number of halogens is 1. The summed E-state index contributed by atoms with van der Waals surface area (Å²) in [7, 11) is 0. The van der Waals surface area contributed by atoms with Gasteiger partial charge in [-0.2, -0.15) is 0 Å². The Kier molecular flexibility index (Phi) is 5.37. The van der Waals surface area contributed by atoms with E-state index >= 15 is 0 Å². The molecule has 1 aromatic heterocycles. The Labute approximate surface area is 112 Å². The normalized spacial score (nSPS) is 31.1. The Morgan fingerprint density at radius 2 is 1.89 bits per heavy atom. The number of aliphatic hydroxyl groups excluding tert-OH is 3. The van der Waals surface area contributed by atoms with Crippen LogP contribution in [0, 0.1) is 6.92 Å². The second kappa shape index (κ2) is 6.36. The highest BCUT2D eigenvalue weighted by Crippen LogP contribution is 2.14. The molecule has 0 unspecified atom stereocenters. The molecule has 1 aromatic rings. The Morgan fingerprint density at radius 3 is 2.50 bits per heavy atom. The Hall–Kier alpha value is -0.850. The number of rotatable bonds is 3. The zero-order valence-corrected chi connectivity index (χ0v) is 10.8. The number of aliphatic hydroxyl groups is 3. The summed E-state index contributed by atoms with van der Waals surface area (Å²) < 4.78 is 5.38. The van der Waals surface area contributed by atoms with Gasteiger partial charge in [0.2, 0.25) is 0 Å². The summed E-state index contributed by atoms with van der Waals surface area (Å²) in [4.78, 5) is 0. The minimum atomic E-state index is -1.16. The number of hydrogen-bond acceptors (Lipinski definition) is 5. The van der Waals surface area contributed by atoms with E-state index in [-0.39, 0.29) is 18.4 Å². The summed E-state index contributed by atoms with van der Waals surface area (Å²) in [6.45, 7) is 2.32. The molecular formula is C12H18ClNO4. The first-order valence-electron chi connectivity index (χ1n) is 5.59. The molecule has 4 atom stereocenters. The molecule has 0 saturated carbocycles. The molecule has 0 aliphatic heterocycles. The van der Waals surface area contributed by atoms with Crippen molar-refractivity contribution >= 4 is 12.4 Å². The maximum Gasteiger partial charge on any atom is 0.117 e. The minimum absolute atomic E-state index is 0. The van der Waals surface area contributed by atoms with Gasteiger partial charge in [0.05, 0.1) is 12.6 Å². The van der Waals surface area contributed by atoms with Crippen LogP contribution in [0.5, 0.6) is 0 Å². The summed E-state index contributed by atoms with van der Waals surface area (Å²) in [5.74, 6) is 1.60. The van der Waals surface area contributed by atoms with Crippen molar-refractivity contribution < 1.29 is 19.7 Å². The highest BCUT2D eigenvalue weighted by molar-refractivity contribution is 5.85. The second-order valence-electron chi connectivity index (χ2n) is 4.28. The quantitative estimate of drug-likeness (QED) is 0.589. The van der Waals surface area contributed by atoms with Gasteiger partial charge in [0.25, 0.3) is 0 Å². The maximum absolute atomic E-state index is 9.74. The first-order valence-corrected chi connectivity index (χ1v) is 5.59. The van der Waals surface area contributed by atoms with E-state index in [1.54, 1.807) is 6.08 Å². The zero-order valence-electron chi connectivity index (χ0n) is 9.98. The fourth-order valence-electron chi connectivity index (χ4n) is 1.86. The summed E-state index contributed by atoms with van der Waals surface area (Å²) in [6.07, 6.45) is -0.0592. The molecule has 18 heavy (non-hydrogen) atoms. The number of aryl methyl sites for hydroxylation is 1. The SMILES string of the molecule is Cc1ccc(CN[C@H]2C=C[C@@H](O)[C@@H](O)[C@@H]2O)o1.Cl. The largest absolute Gasteiger partial charge is 0.465 e. The first kappa shape index (κ1) is 15.2. The lowest BCUT2D eigenvalue weighted by atomic mass is 9.94. The van der Waals surface area contributed by atoms with Gasteiger partial charge in [-0.1, -0.05) is 12.2 Å². The van der Waals surface area contributed by atoms with Gasteiger partial charge in [0, 0.05) is 0 Å². The average molecular weight is 276 g/mol. The predicted molar refractivity (Wildman–Crippen MR) is 68.5 cm³/mol. The van der Waals surface area contributed by atoms with E-state index in [1.165, 1.54) is 6.08 Å². The molecule has 1 heterocycles. The third-order valence-electron chi connectivity index (χ3n) is 2.89. The molecule has 4 N–H and O–H groups in total. The molecule has 0 spiro atoms. The van der Waals surface area contributed by atoms with E-state index in [0.29, 0.717) is 6.54 Å². The highest BCUT2D eigenvalue weighted by atomic mass is 35.5. The maximum atomic E-state index is 9.74. The van der Waals surface area contributed by atoms with Crippen LogP contribution in [0.15, 0.2) is 28.7 Å². The van der Waals surface area contributed by atoms with Gasteiger partial charge in [-0.15, -0.1) is 12.4 Å². The van der Waals surface area contributed by atoms with Crippen molar-refractivity contribution in [2.24, 2.45) is 0 Å². The lowest BCUT2D eigenvalue weighted by Gasteiger charge is -2.31. The molecule has 1 aliphatic carbocycles. The molecule has 5 nitrogen and oxygen atoms in total. The van der Waals surface area contributed by atoms with Crippen LogP contribution in [0.25, 0.3) is 0 Å². The van der Waals surface area contributed by atoms with E-state index in [9.17, 15) is 15.3 Å². The van der Waals surface area contributed by atoms with Crippen LogP contribution in [-0.4, -0.2) is 39.7 Å². The van der Waals surface area contributed by atoms with Crippen LogP contribution in [0.4, 0.5) is 0 Å². The molecule has 0 fully saturated rings. The molecule has 0 bridgehead atoms. The highest BCUT2D eigenvalue weighted by Gasteiger charge is 2.32. The van der Waals surface area contributed by atoms with Crippen molar-refractivity contribution in [1.82, 2.24) is 5.32 Å². The average Bonchev–Trinajstić information content (AvgIpc) is 2.71. The van der Waals surface area contributed by atoms with Crippen molar-refractivity contribution in [3.05, 3.63) is 35.8 Å². The van der Waals surface area contributed by atoms with E-state index in [1.807, 2.05) is 19.1 Å². The van der Waals surface area contributed by atoms with Gasteiger partial charge in [0.15, 0.2) is 0 Å². The van der Waals surface area contributed by atoms with Gasteiger partial charge in [0.1, 0.15) is 29.8 Å². The third kappa shape index (κ3) is 3.34. The number of furan rings is 1. The molecule has 2 rings (SSSR count). The van der Waals surface area contributed by atoms with Gasteiger partial charge in [-0.25, -0.2) is 0 Å². The molecule has 102 valence electrons. The Balaban J connectivity index is 0.00000162. The van der Waals surface area contributed by atoms with Crippen LogP contribution in [0.3, 0.4) is 0 Å². The first-order chi connectivity index (χ1) is 8.08. The fourth-order valence-corrected chi connectivity index (χ4v) is 1.86. The standard InChI is InChI=1S/C12H17NO4.ClH/c1-7-2-3-8(17-7)6-13-9-4-5-10(14)12(16)11(9)15;/h2-5,9-16H,6H2,1H3;1H/t9-,10+,11+,12+;/m0./s1. The zero-order chi connectivity index (χ0) is 12.4. The van der Waals surface area contributed by atoms with Gasteiger partial charge in [-0.3, -0.25) is 0 Å². The molecule has 6 heteroatoms. The van der Waals surface area contributed by atoms with Gasteiger partial charge < -0.3 is 25.1 Å². The van der Waals surface area contributed by atoms with Gasteiger partial charge >= 0.3 is 0 Å². The van der Waals surface area contributed by atoms with Crippen LogP contribution in [-0.2, 0) is 6.54 Å². The van der Waals surface area contributed by atoms with Crippen molar-refractivity contribution in [3.8, 4) is 0 Å². The number of nitrogens with one attached hydrogen (secondary N) is 1. The van der Waals surface area contributed by atoms with Crippen LogP contribution >= 0.6 is 12.4 Å². The Bertz CT molecular complexity index is 407. The van der Waals surface area contributed by atoms with E-state index < -0.39 is 18.3 Å². The van der Waals surface area contributed by atoms with Crippen molar-refractivity contribution in [2.75, 3.05) is 0 Å². The lowest BCUT2D eigenvalue weighted by molar-refractivity contribution is -0.0568. The summed E-state index contributed by atoms with van der Waals surface area (Å²) in [6, 6.07) is 3.33. The molecule has 0 aromatic carbocycles. The molecule has 1 aliphatic rings. The van der Waals surface area contributed by atoms with Gasteiger partial charge in [-0.05, 0) is 19.1 Å². The molecule has 0 saturated heterocycles. The minimum Gasteiger partial charge on any atom is -0.465 e. The summed E-state index contributed by atoms with van der Waals surface area (Å²) >= 11 is 0. The molecule has 0 amide bonds. The van der Waals surface area contributed by atoms with Crippen LogP contribution in [0.1, 0.15) is 11.5 Å². The van der Waals surface area contributed by atoms with Crippen molar-refractivity contribution in [1.29, 1.82) is 0 Å². The van der Waals surface area contributed by atoms with E-state index in [2.05, 4.69) is 5.32 Å². The predicted octanol–water partition coefficient (Wildman–Crippen LogP) is 0.121. The lowest BCUT2D eigenvalue weighted by Crippen LogP contribution is -2.51. The van der Waals surface area contributed by atoms with Crippen molar-refractivity contribution in [2.45, 2.75) is 37.8 Å². The van der Waals surface area contributed by atoms with Crippen LogP contribution in [0.2, 0.25) is 0 Å². The molecule has 0 radical (unpaired) electrons. The third-order valence-corrected chi connectivity index (χ3v) is 2.89. The molecular weight excluding hydrogens is 258 g/mol. The second-order valence-corrected chi connectivity index (χ2v) is 4.28. The Morgan fingerprint density at radius 1 is 1.17 bits per heavy atom. The fraction of sp³-hybridized carbons (Fsp3) is 0.500. The van der Waals surface area contributed by atoms with Crippen molar-refractivity contribution in [3.63, 3.8) is 0 Å². The smallest absolute Gasteiger partial charge is 0.117 e. The summed E-state index contributed by atoms with van der Waals surface area (Å²) in [5.41, 5.74) is 0. The monoisotopic (exact) mass is 275 g/mol. The number of hydrogen-bond donors (Lipinski definition) is 4. The van der Waals surface area contributed by atoms with Crippen LogP contribution < -0.4 is 5.32 Å².